The molecule has 4 rings (SSSR count). The number of urea groups is 1. The largest absolute Gasteiger partial charge is 0.497 e. The van der Waals surface area contributed by atoms with Crippen LogP contribution in [0, 0.1) is 0 Å². The first-order valence-electron chi connectivity index (χ1n) is 9.87. The highest BCUT2D eigenvalue weighted by Crippen LogP contribution is 2.37. The second-order valence-corrected chi connectivity index (χ2v) is 7.07. The van der Waals surface area contributed by atoms with E-state index in [0.717, 1.165) is 41.7 Å². The Morgan fingerprint density at radius 1 is 0.867 bits per heavy atom. The van der Waals surface area contributed by atoms with E-state index in [9.17, 15) is 4.79 Å². The molecule has 1 heterocycles. The number of hydrogen-bond acceptors (Lipinski definition) is 4. The van der Waals surface area contributed by atoms with E-state index >= 15 is 0 Å². The lowest BCUT2D eigenvalue weighted by Crippen LogP contribution is -2.45. The van der Waals surface area contributed by atoms with Gasteiger partial charge in [-0.25, -0.2) is 4.79 Å². The molecule has 1 aliphatic heterocycles. The molecule has 0 saturated heterocycles. The van der Waals surface area contributed by atoms with Crippen molar-refractivity contribution in [3.63, 3.8) is 0 Å². The van der Waals surface area contributed by atoms with Crippen LogP contribution in [0.1, 0.15) is 5.56 Å². The predicted molar refractivity (Wildman–Crippen MR) is 120 cm³/mol. The minimum atomic E-state index is -0.161. The second-order valence-electron chi connectivity index (χ2n) is 7.07. The van der Waals surface area contributed by atoms with Crippen LogP contribution in [0.15, 0.2) is 72.8 Å². The van der Waals surface area contributed by atoms with Crippen LogP contribution in [0.3, 0.4) is 0 Å². The average Bonchev–Trinajstić information content (AvgIpc) is 2.80. The Labute approximate surface area is 176 Å². The molecule has 2 amide bonds. The molecular formula is C24H25N3O3. The van der Waals surface area contributed by atoms with E-state index in [1.807, 2.05) is 60.7 Å². The molecule has 0 spiro atoms. The summed E-state index contributed by atoms with van der Waals surface area (Å²) in [6.45, 7) is 2.09. The fraction of sp³-hybridized carbons (Fsp3) is 0.208. The van der Waals surface area contributed by atoms with Gasteiger partial charge in [-0.1, -0.05) is 30.3 Å². The first-order chi connectivity index (χ1) is 14.7. The Balaban J connectivity index is 1.58. The summed E-state index contributed by atoms with van der Waals surface area (Å²) < 4.78 is 10.6. The van der Waals surface area contributed by atoms with E-state index in [1.165, 1.54) is 5.56 Å². The number of carbonyl (C=O) groups excluding carboxylic acids is 1. The molecule has 1 aliphatic rings. The highest BCUT2D eigenvalue weighted by molar-refractivity contribution is 6.04. The smallest absolute Gasteiger partial charge is 0.326 e. The molecule has 6 heteroatoms. The molecule has 0 aliphatic carbocycles. The highest BCUT2D eigenvalue weighted by atomic mass is 16.5. The van der Waals surface area contributed by atoms with E-state index in [4.69, 9.17) is 9.47 Å². The average molecular weight is 403 g/mol. The van der Waals surface area contributed by atoms with E-state index in [1.54, 1.807) is 19.1 Å². The van der Waals surface area contributed by atoms with Crippen LogP contribution in [-0.4, -0.2) is 33.3 Å². The van der Waals surface area contributed by atoms with E-state index in [-0.39, 0.29) is 6.03 Å². The maximum atomic E-state index is 13.0. The summed E-state index contributed by atoms with van der Waals surface area (Å²) in [6.07, 6.45) is 0. The van der Waals surface area contributed by atoms with Crippen molar-refractivity contribution in [2.45, 2.75) is 6.54 Å². The molecule has 0 aromatic heterocycles. The van der Waals surface area contributed by atoms with Gasteiger partial charge in [0.15, 0.2) is 0 Å². The Morgan fingerprint density at radius 2 is 1.57 bits per heavy atom. The number of anilines is 3. The van der Waals surface area contributed by atoms with Gasteiger partial charge in [0.1, 0.15) is 11.5 Å². The van der Waals surface area contributed by atoms with Gasteiger partial charge in [0.05, 0.1) is 25.6 Å². The summed E-state index contributed by atoms with van der Waals surface area (Å²) >= 11 is 0. The number of methoxy groups -OCH3 is 2. The quantitative estimate of drug-likeness (QED) is 0.667. The lowest BCUT2D eigenvalue weighted by atomic mass is 10.1. The first kappa shape index (κ1) is 19.6. The van der Waals surface area contributed by atoms with Gasteiger partial charge in [-0.05, 0) is 42.0 Å². The Bertz CT molecular complexity index is 1010. The van der Waals surface area contributed by atoms with Crippen LogP contribution in [0.25, 0.3) is 0 Å². The van der Waals surface area contributed by atoms with Gasteiger partial charge in [-0.15, -0.1) is 0 Å². The number of amides is 2. The maximum Gasteiger partial charge on any atom is 0.326 e. The number of nitrogens with one attached hydrogen (secondary N) is 1. The van der Waals surface area contributed by atoms with Crippen molar-refractivity contribution in [2.75, 3.05) is 42.4 Å². The van der Waals surface area contributed by atoms with Crippen molar-refractivity contribution in [2.24, 2.45) is 0 Å². The van der Waals surface area contributed by atoms with Crippen molar-refractivity contribution >= 4 is 23.1 Å². The van der Waals surface area contributed by atoms with Gasteiger partial charge in [-0.2, -0.15) is 0 Å². The lowest BCUT2D eigenvalue weighted by molar-refractivity contribution is 0.256. The van der Waals surface area contributed by atoms with Crippen molar-refractivity contribution in [1.29, 1.82) is 0 Å². The zero-order valence-electron chi connectivity index (χ0n) is 17.2. The topological polar surface area (TPSA) is 54.0 Å². The number of nitrogens with zero attached hydrogens (tertiary/aromatic N) is 2. The summed E-state index contributed by atoms with van der Waals surface area (Å²) in [6, 6.07) is 23.3. The number of fused-ring (bicyclic) bond motifs is 1. The molecule has 1 N–H and O–H groups in total. The summed E-state index contributed by atoms with van der Waals surface area (Å²) in [5, 5.41) is 2.98. The van der Waals surface area contributed by atoms with E-state index < -0.39 is 0 Å². The van der Waals surface area contributed by atoms with Crippen LogP contribution >= 0.6 is 0 Å². The van der Waals surface area contributed by atoms with Crippen molar-refractivity contribution in [3.8, 4) is 11.5 Å². The molecule has 0 atom stereocenters. The molecule has 0 fully saturated rings. The SMILES string of the molecule is COc1ccc(NC(=O)N2CCN(Cc3ccccc3)c3cc(OC)ccc32)cc1. The summed E-state index contributed by atoms with van der Waals surface area (Å²) in [4.78, 5) is 17.1. The summed E-state index contributed by atoms with van der Waals surface area (Å²) in [7, 11) is 3.27. The number of benzene rings is 3. The van der Waals surface area contributed by atoms with Crippen LogP contribution in [0.2, 0.25) is 0 Å². The van der Waals surface area contributed by atoms with Crippen molar-refractivity contribution < 1.29 is 14.3 Å². The molecule has 0 unspecified atom stereocenters. The molecule has 30 heavy (non-hydrogen) atoms. The molecular weight excluding hydrogens is 378 g/mol. The van der Waals surface area contributed by atoms with Gasteiger partial charge >= 0.3 is 6.03 Å². The third kappa shape index (κ3) is 4.17. The fourth-order valence-corrected chi connectivity index (χ4v) is 3.62. The molecule has 154 valence electrons. The first-order valence-corrected chi connectivity index (χ1v) is 9.87. The van der Waals surface area contributed by atoms with Gasteiger partial charge in [0.2, 0.25) is 0 Å². The maximum absolute atomic E-state index is 13.0. The van der Waals surface area contributed by atoms with Gasteiger partial charge in [-0.3, -0.25) is 4.90 Å². The molecule has 0 radical (unpaired) electrons. The summed E-state index contributed by atoms with van der Waals surface area (Å²) in [5.41, 5.74) is 3.79. The standard InChI is InChI=1S/C24H25N3O3/c1-29-20-10-8-19(9-11-20)25-24(28)27-15-14-26(17-18-6-4-3-5-7-18)23-16-21(30-2)12-13-22(23)27/h3-13,16H,14-15,17H2,1-2H3,(H,25,28). The Morgan fingerprint density at radius 3 is 2.27 bits per heavy atom. The minimum Gasteiger partial charge on any atom is -0.497 e. The molecule has 0 saturated carbocycles. The highest BCUT2D eigenvalue weighted by Gasteiger charge is 2.27. The number of hydrogen-bond donors (Lipinski definition) is 1. The monoisotopic (exact) mass is 403 g/mol. The van der Waals surface area contributed by atoms with Crippen LogP contribution < -0.4 is 24.6 Å². The minimum absolute atomic E-state index is 0.161. The van der Waals surface area contributed by atoms with E-state index in [0.29, 0.717) is 6.54 Å². The molecule has 3 aromatic carbocycles. The van der Waals surface area contributed by atoms with Crippen molar-refractivity contribution in [3.05, 3.63) is 78.4 Å². The lowest BCUT2D eigenvalue weighted by Gasteiger charge is -2.38. The molecule has 6 nitrogen and oxygen atoms in total. The third-order valence-corrected chi connectivity index (χ3v) is 5.21. The second kappa shape index (κ2) is 8.78. The molecule has 3 aromatic rings. The van der Waals surface area contributed by atoms with Crippen LogP contribution in [-0.2, 0) is 6.54 Å². The Hall–Kier alpha value is -3.67. The fourth-order valence-electron chi connectivity index (χ4n) is 3.62. The van der Waals surface area contributed by atoms with E-state index in [2.05, 4.69) is 22.3 Å². The number of ether oxygens (including phenoxy) is 2. The predicted octanol–water partition coefficient (Wildman–Crippen LogP) is 4.76. The zero-order chi connectivity index (χ0) is 20.9. The van der Waals surface area contributed by atoms with Gasteiger partial charge in [0, 0.05) is 31.4 Å². The van der Waals surface area contributed by atoms with Crippen LogP contribution in [0.5, 0.6) is 11.5 Å². The summed E-state index contributed by atoms with van der Waals surface area (Å²) in [5.74, 6) is 1.52. The Kier molecular flexibility index (Phi) is 5.75. The molecule has 0 bridgehead atoms. The number of carbonyl (C=O) groups is 1. The van der Waals surface area contributed by atoms with Gasteiger partial charge in [0.25, 0.3) is 0 Å². The van der Waals surface area contributed by atoms with Crippen LogP contribution in [0.4, 0.5) is 21.9 Å². The third-order valence-electron chi connectivity index (χ3n) is 5.21. The zero-order valence-corrected chi connectivity index (χ0v) is 17.2. The van der Waals surface area contributed by atoms with Crippen molar-refractivity contribution in [1.82, 2.24) is 0 Å². The normalized spacial score (nSPS) is 12.9. The van der Waals surface area contributed by atoms with Gasteiger partial charge < -0.3 is 19.7 Å². The number of rotatable bonds is 5.